The second kappa shape index (κ2) is 20.8. The molecule has 0 aliphatic carbocycles. The minimum atomic E-state index is 0.379. The van der Waals surface area contributed by atoms with Gasteiger partial charge >= 0.3 is 0 Å². The fourth-order valence-corrected chi connectivity index (χ4v) is 5.42. The number of aryl methyl sites for hydroxylation is 3. The quantitative estimate of drug-likeness (QED) is 0.332. The summed E-state index contributed by atoms with van der Waals surface area (Å²) in [4.78, 5) is 0. The van der Waals surface area contributed by atoms with Gasteiger partial charge in [0.05, 0.1) is 12.2 Å². The number of para-hydroxylation sites is 1. The van der Waals surface area contributed by atoms with Crippen LogP contribution in [0.1, 0.15) is 134 Å². The van der Waals surface area contributed by atoms with Crippen LogP contribution in [-0.2, 0) is 9.47 Å². The Morgan fingerprint density at radius 1 is 0.707 bits per heavy atom. The summed E-state index contributed by atoms with van der Waals surface area (Å²) in [6, 6.07) is 11.1. The average Bonchev–Trinajstić information content (AvgIpc) is 3.47. The van der Waals surface area contributed by atoms with Crippen molar-refractivity contribution in [1.82, 2.24) is 0 Å². The van der Waals surface area contributed by atoms with Gasteiger partial charge in [-0.25, -0.2) is 0 Å². The topological polar surface area (TPSA) is 42.5 Å². The summed E-state index contributed by atoms with van der Waals surface area (Å²) < 4.78 is 11.5. The first-order chi connectivity index (χ1) is 19.7. The molecular weight excluding hydrogens is 504 g/mol. The minimum Gasteiger partial charge on any atom is -0.382 e. The number of nitrogens with one attached hydrogen (secondary N) is 2. The molecule has 2 heterocycles. The Morgan fingerprint density at radius 2 is 1.15 bits per heavy atom. The van der Waals surface area contributed by atoms with Crippen LogP contribution in [0, 0.1) is 20.8 Å². The molecule has 2 aromatic rings. The molecule has 4 rings (SSSR count). The van der Waals surface area contributed by atoms with Gasteiger partial charge in [-0.1, -0.05) is 97.7 Å². The molecule has 2 aliphatic rings. The normalized spacial score (nSPS) is 18.0. The van der Waals surface area contributed by atoms with E-state index in [1.54, 1.807) is 0 Å². The van der Waals surface area contributed by atoms with Crippen LogP contribution in [0.15, 0.2) is 30.3 Å². The van der Waals surface area contributed by atoms with Crippen molar-refractivity contribution >= 4 is 11.4 Å². The Hall–Kier alpha value is -2.04. The number of rotatable bonds is 8. The predicted octanol–water partition coefficient (Wildman–Crippen LogP) is 10.6. The SMILES string of the molecule is CC.CC(C)c1cccc(C(C)C)c1NCC1CCCCO1.CCC.Cc1cc(C)c(NCC2CCCO2)c(C)c1. The predicted molar refractivity (Wildman–Crippen MR) is 182 cm³/mol. The molecule has 4 heteroatoms. The van der Waals surface area contributed by atoms with Crippen LogP contribution >= 0.6 is 0 Å². The third kappa shape index (κ3) is 13.2. The van der Waals surface area contributed by atoms with E-state index in [0.29, 0.717) is 24.0 Å². The van der Waals surface area contributed by atoms with Crippen LogP contribution in [-0.4, -0.2) is 38.5 Å². The first kappa shape index (κ1) is 37.0. The largest absolute Gasteiger partial charge is 0.382 e. The molecule has 0 aromatic heterocycles. The van der Waals surface area contributed by atoms with Crippen molar-refractivity contribution in [2.45, 2.75) is 139 Å². The van der Waals surface area contributed by atoms with E-state index in [2.05, 4.69) is 103 Å². The summed E-state index contributed by atoms with van der Waals surface area (Å²) >= 11 is 0. The second-order valence-corrected chi connectivity index (χ2v) is 12.0. The third-order valence-corrected chi connectivity index (χ3v) is 7.36. The number of hydrogen-bond acceptors (Lipinski definition) is 4. The van der Waals surface area contributed by atoms with Crippen LogP contribution in [0.3, 0.4) is 0 Å². The Bertz CT molecular complexity index is 908. The fourth-order valence-electron chi connectivity index (χ4n) is 5.42. The monoisotopic (exact) mass is 568 g/mol. The Balaban J connectivity index is 0.000000360. The number of anilines is 2. The minimum absolute atomic E-state index is 0.379. The molecule has 0 amide bonds. The molecule has 2 unspecified atom stereocenters. The summed E-state index contributed by atoms with van der Waals surface area (Å²) in [5, 5.41) is 7.21. The average molecular weight is 569 g/mol. The van der Waals surface area contributed by atoms with Crippen LogP contribution in [0.2, 0.25) is 0 Å². The highest BCUT2D eigenvalue weighted by molar-refractivity contribution is 5.60. The van der Waals surface area contributed by atoms with Crippen LogP contribution in [0.25, 0.3) is 0 Å². The van der Waals surface area contributed by atoms with E-state index in [0.717, 1.165) is 26.3 Å². The van der Waals surface area contributed by atoms with Crippen molar-refractivity contribution in [1.29, 1.82) is 0 Å². The third-order valence-electron chi connectivity index (χ3n) is 7.36. The Kier molecular flexibility index (Phi) is 18.7. The zero-order valence-electron chi connectivity index (χ0n) is 28.6. The maximum Gasteiger partial charge on any atom is 0.0748 e. The maximum atomic E-state index is 5.84. The molecule has 0 bridgehead atoms. The van der Waals surface area contributed by atoms with Crippen LogP contribution in [0.4, 0.5) is 11.4 Å². The van der Waals surface area contributed by atoms with Gasteiger partial charge in [-0.05, 0) is 87.0 Å². The fraction of sp³-hybridized carbons (Fsp3) is 0.676. The molecule has 0 radical (unpaired) electrons. The standard InChI is InChI=1S/C18H29NO.C14H21NO.C3H8.C2H6/c1-13(2)16-9-7-10-17(14(3)4)18(16)19-12-15-8-5-6-11-20-15;1-10-7-11(2)14(12(3)8-10)15-9-13-5-4-6-16-13;1-3-2;1-2/h7,9-10,13-15,19H,5-6,8,11-12H2,1-4H3;7-8,13,15H,4-6,9H2,1-3H3;3H2,1-2H3;1-2H3. The van der Waals surface area contributed by atoms with Gasteiger partial charge in [0.25, 0.3) is 0 Å². The van der Waals surface area contributed by atoms with E-state index in [1.807, 2.05) is 13.8 Å². The lowest BCUT2D eigenvalue weighted by Gasteiger charge is -2.26. The van der Waals surface area contributed by atoms with E-state index in [1.165, 1.54) is 77.7 Å². The van der Waals surface area contributed by atoms with Crippen molar-refractivity contribution in [3.8, 4) is 0 Å². The molecule has 2 fully saturated rings. The highest BCUT2D eigenvalue weighted by atomic mass is 16.5. The Labute approximate surface area is 254 Å². The van der Waals surface area contributed by atoms with Crippen molar-refractivity contribution in [3.05, 3.63) is 58.1 Å². The first-order valence-corrected chi connectivity index (χ1v) is 16.6. The molecule has 2 aliphatic heterocycles. The smallest absolute Gasteiger partial charge is 0.0748 e. The highest BCUT2D eigenvalue weighted by Gasteiger charge is 2.18. The van der Waals surface area contributed by atoms with Gasteiger partial charge in [-0.15, -0.1) is 0 Å². The molecular formula is C37H64N2O2. The van der Waals surface area contributed by atoms with Crippen molar-refractivity contribution in [3.63, 3.8) is 0 Å². The lowest BCUT2D eigenvalue weighted by atomic mass is 9.92. The van der Waals surface area contributed by atoms with Gasteiger partial charge in [0.1, 0.15) is 0 Å². The molecule has 4 nitrogen and oxygen atoms in total. The summed E-state index contributed by atoms with van der Waals surface area (Å²) in [5.41, 5.74) is 9.45. The van der Waals surface area contributed by atoms with Crippen LogP contribution < -0.4 is 10.6 Å². The number of benzene rings is 2. The zero-order valence-corrected chi connectivity index (χ0v) is 28.6. The zero-order chi connectivity index (χ0) is 30.8. The van der Waals surface area contributed by atoms with Gasteiger partial charge in [-0.3, -0.25) is 0 Å². The van der Waals surface area contributed by atoms with E-state index in [-0.39, 0.29) is 0 Å². The molecule has 2 atom stereocenters. The van der Waals surface area contributed by atoms with Gasteiger partial charge in [-0.2, -0.15) is 0 Å². The second-order valence-electron chi connectivity index (χ2n) is 12.0. The van der Waals surface area contributed by atoms with Gasteiger partial charge in [0, 0.05) is 37.7 Å². The summed E-state index contributed by atoms with van der Waals surface area (Å²) in [7, 11) is 0. The molecule has 41 heavy (non-hydrogen) atoms. The van der Waals surface area contributed by atoms with Crippen molar-refractivity contribution in [2.24, 2.45) is 0 Å². The summed E-state index contributed by atoms with van der Waals surface area (Å²) in [6.45, 7) is 27.5. The van der Waals surface area contributed by atoms with E-state index < -0.39 is 0 Å². The lowest BCUT2D eigenvalue weighted by Crippen LogP contribution is -2.27. The van der Waals surface area contributed by atoms with Crippen LogP contribution in [0.5, 0.6) is 0 Å². The number of ether oxygens (including phenoxy) is 2. The van der Waals surface area contributed by atoms with E-state index in [9.17, 15) is 0 Å². The molecule has 0 saturated carbocycles. The lowest BCUT2D eigenvalue weighted by molar-refractivity contribution is 0.0247. The van der Waals surface area contributed by atoms with Gasteiger partial charge in [0.15, 0.2) is 0 Å². The number of hydrogen-bond donors (Lipinski definition) is 2. The molecule has 2 aromatic carbocycles. The van der Waals surface area contributed by atoms with Crippen molar-refractivity contribution < 1.29 is 9.47 Å². The van der Waals surface area contributed by atoms with E-state index in [4.69, 9.17) is 9.47 Å². The van der Waals surface area contributed by atoms with Gasteiger partial charge in [0.2, 0.25) is 0 Å². The molecule has 234 valence electrons. The molecule has 2 saturated heterocycles. The molecule has 0 spiro atoms. The van der Waals surface area contributed by atoms with Crippen molar-refractivity contribution in [2.75, 3.05) is 36.9 Å². The first-order valence-electron chi connectivity index (χ1n) is 16.6. The molecule has 2 N–H and O–H groups in total. The Morgan fingerprint density at radius 3 is 1.56 bits per heavy atom. The summed E-state index contributed by atoms with van der Waals surface area (Å²) in [6.07, 6.45) is 8.14. The van der Waals surface area contributed by atoms with E-state index >= 15 is 0 Å². The maximum absolute atomic E-state index is 5.84. The highest BCUT2D eigenvalue weighted by Crippen LogP contribution is 2.32. The van der Waals surface area contributed by atoms with Gasteiger partial charge < -0.3 is 20.1 Å². The summed E-state index contributed by atoms with van der Waals surface area (Å²) in [5.74, 6) is 1.09.